The van der Waals surface area contributed by atoms with Gasteiger partial charge in [-0.25, -0.2) is 4.98 Å². The number of carbonyl (C=O) groups excluding carboxylic acids is 8. The Hall–Kier alpha value is -11.0. The number of aliphatic carboxylic acids is 1. The van der Waals surface area contributed by atoms with Gasteiger partial charge in [0.25, 0.3) is 0 Å². The van der Waals surface area contributed by atoms with Gasteiger partial charge in [0.1, 0.15) is 48.0 Å². The van der Waals surface area contributed by atoms with Crippen LogP contribution in [0.5, 0.6) is 5.75 Å². The van der Waals surface area contributed by atoms with Crippen LogP contribution in [0.25, 0.3) is 32.7 Å². The van der Waals surface area contributed by atoms with Crippen LogP contribution in [-0.2, 0) is 75.3 Å². The number of aromatic hydroxyl groups is 1. The van der Waals surface area contributed by atoms with Crippen molar-refractivity contribution in [3.05, 3.63) is 156 Å². The molecule has 4 aromatic heterocycles. The lowest BCUT2D eigenvalue weighted by Gasteiger charge is -2.29. The van der Waals surface area contributed by atoms with Crippen molar-refractivity contribution in [1.82, 2.24) is 62.1 Å². The second kappa shape index (κ2) is 30.7. The maximum absolute atomic E-state index is 15.1. The van der Waals surface area contributed by atoms with Crippen LogP contribution < -0.4 is 60.2 Å². The molecule has 28 heteroatoms. The van der Waals surface area contributed by atoms with Gasteiger partial charge >= 0.3 is 5.97 Å². The van der Waals surface area contributed by atoms with Crippen molar-refractivity contribution in [1.29, 1.82) is 0 Å². The third kappa shape index (κ3) is 18.1. The van der Waals surface area contributed by atoms with Crippen LogP contribution in [0.2, 0.25) is 0 Å². The van der Waals surface area contributed by atoms with E-state index < -0.39 is 114 Å². The van der Waals surface area contributed by atoms with Crippen molar-refractivity contribution >= 4 is 91.9 Å². The summed E-state index contributed by atoms with van der Waals surface area (Å²) in [7, 11) is 0. The highest BCUT2D eigenvalue weighted by atomic mass is 16.4. The van der Waals surface area contributed by atoms with Gasteiger partial charge in [-0.15, -0.1) is 0 Å². The summed E-state index contributed by atoms with van der Waals surface area (Å²) < 4.78 is 0. The first-order chi connectivity index (χ1) is 43.6. The number of nitrogens with two attached hydrogens (primary N) is 4. The summed E-state index contributed by atoms with van der Waals surface area (Å²) in [5.41, 5.74) is 27.8. The number of nitrogens with zero attached hydrogens (tertiary/aromatic N) is 2. The number of hydrogen-bond donors (Lipinski definition) is 17. The highest BCUT2D eigenvalue weighted by Gasteiger charge is 2.37. The molecule has 4 heterocycles. The molecule has 0 bridgehead atoms. The number of primary amides is 1. The Morgan fingerprint density at radius 1 is 0.516 bits per heavy atom. The molecule has 8 amide bonds. The number of benzene rings is 4. The summed E-state index contributed by atoms with van der Waals surface area (Å²) in [6.45, 7) is 3.44. The molecule has 0 saturated heterocycles. The Morgan fingerprint density at radius 2 is 0.945 bits per heavy atom. The van der Waals surface area contributed by atoms with Crippen LogP contribution in [0.1, 0.15) is 61.1 Å². The number of phenols is 1. The molecule has 8 unspecified atom stereocenters. The number of carboxylic acids is 1. The van der Waals surface area contributed by atoms with E-state index in [1.807, 2.05) is 48.5 Å². The van der Waals surface area contributed by atoms with Gasteiger partial charge in [-0.2, -0.15) is 0 Å². The van der Waals surface area contributed by atoms with Gasteiger partial charge < -0.3 is 90.3 Å². The minimum atomic E-state index is -1.75. The van der Waals surface area contributed by atoms with E-state index in [-0.39, 0.29) is 63.2 Å². The summed E-state index contributed by atoms with van der Waals surface area (Å²) in [6, 6.07) is 16.0. The third-order valence-corrected chi connectivity index (χ3v) is 15.4. The van der Waals surface area contributed by atoms with Crippen molar-refractivity contribution in [2.24, 2.45) is 33.8 Å². The third-order valence-electron chi connectivity index (χ3n) is 15.4. The lowest BCUT2D eigenvalue weighted by atomic mass is 9.98. The molecule has 8 atom stereocenters. The zero-order chi connectivity index (χ0) is 65.3. The quantitative estimate of drug-likeness (QED) is 0.0155. The molecule has 21 N–H and O–H groups in total. The molecule has 8 rings (SSSR count). The first-order valence-corrected chi connectivity index (χ1v) is 29.4. The first-order valence-electron chi connectivity index (χ1n) is 29.4. The second-order valence-corrected chi connectivity index (χ2v) is 22.5. The number of aromatic nitrogens is 5. The minimum absolute atomic E-state index is 0.0420. The zero-order valence-corrected chi connectivity index (χ0v) is 50.0. The van der Waals surface area contributed by atoms with Crippen LogP contribution in [0, 0.1) is 5.92 Å². The largest absolute Gasteiger partial charge is 0.508 e. The second-order valence-electron chi connectivity index (χ2n) is 22.5. The standard InChI is InChI=1S/C63H75N17O11/c1-33(2)54(62(91)79-50(24-36-29-71-45-14-7-4-11-41(36)45)59(88)77-49(23-35-28-70-44-13-6-3-10-40(35)44)58(87)74-47(55(65)84)16-9-21-69-63(66)67)80-61(90)51(25-37-30-72-46-15-8-5-12-42(37)46)78-57(86)48(22-34-17-19-39(81)20-18-34)76-60(89)52(27-53(82)83)75-56(85)43(64)26-38-31-68-32-73-38/h3-8,10-15,17-20,28-33,43,47-52,54,70-72,81H,9,16,21-27,64H2,1-2H3,(H2,65,84)(H,68,73)(H,74,87)(H,75,85)(H,76,89)(H,77,88)(H,78,86)(H,79,91)(H,80,90)(H,82,83)(H4,66,67,69). The van der Waals surface area contributed by atoms with Gasteiger partial charge in [0.05, 0.1) is 18.8 Å². The Kier molecular flexibility index (Phi) is 22.3. The highest BCUT2D eigenvalue weighted by molar-refractivity contribution is 6.00. The number of amides is 8. The van der Waals surface area contributed by atoms with Crippen LogP contribution in [-0.4, -0.2) is 149 Å². The monoisotopic (exact) mass is 1250 g/mol. The van der Waals surface area contributed by atoms with E-state index in [0.717, 1.165) is 21.8 Å². The van der Waals surface area contributed by atoms with Gasteiger partial charge in [0, 0.05) is 102 Å². The molecule has 0 aliphatic rings. The molecule has 91 heavy (non-hydrogen) atoms. The number of guanidine groups is 1. The van der Waals surface area contributed by atoms with Gasteiger partial charge in [0.2, 0.25) is 47.3 Å². The molecule has 0 saturated carbocycles. The fourth-order valence-corrected chi connectivity index (χ4v) is 10.6. The van der Waals surface area contributed by atoms with E-state index >= 15 is 14.4 Å². The van der Waals surface area contributed by atoms with Gasteiger partial charge in [0.15, 0.2) is 5.96 Å². The zero-order valence-electron chi connectivity index (χ0n) is 50.0. The molecule has 8 aromatic rings. The Labute approximate surface area is 521 Å². The van der Waals surface area contributed by atoms with Gasteiger partial charge in [-0.05, 0) is 71.3 Å². The number of fused-ring (bicyclic) bond motifs is 3. The van der Waals surface area contributed by atoms with E-state index in [4.69, 9.17) is 22.9 Å². The molecule has 478 valence electrons. The average molecular weight is 1250 g/mol. The maximum atomic E-state index is 15.1. The average Bonchev–Trinajstić information content (AvgIpc) is 2.50. The number of aromatic amines is 4. The highest BCUT2D eigenvalue weighted by Crippen LogP contribution is 2.24. The topological polar surface area (TPSA) is 471 Å². The predicted molar refractivity (Wildman–Crippen MR) is 338 cm³/mol. The number of aliphatic imine (C=N–C) groups is 1. The maximum Gasteiger partial charge on any atom is 0.305 e. The van der Waals surface area contributed by atoms with Crippen molar-refractivity contribution in [3.8, 4) is 5.75 Å². The van der Waals surface area contributed by atoms with Crippen LogP contribution >= 0.6 is 0 Å². The Bertz CT molecular complexity index is 3910. The van der Waals surface area contributed by atoms with Gasteiger partial charge in [-0.3, -0.25) is 48.1 Å². The van der Waals surface area contributed by atoms with E-state index in [1.165, 1.54) is 36.8 Å². The molecule has 0 fully saturated rings. The number of carboxylic acid groups (broad SMARTS) is 1. The fourth-order valence-electron chi connectivity index (χ4n) is 10.6. The Morgan fingerprint density at radius 3 is 1.38 bits per heavy atom. The number of phenolic OH excluding ortho intramolecular Hbond substituents is 1. The van der Waals surface area contributed by atoms with Crippen LogP contribution in [0.3, 0.4) is 0 Å². The summed E-state index contributed by atoms with van der Waals surface area (Å²) in [4.78, 5) is 147. The number of carbonyl (C=O) groups is 9. The molecule has 28 nitrogen and oxygen atoms in total. The predicted octanol–water partition coefficient (Wildman–Crippen LogP) is 0.463. The molecular weight excluding hydrogens is 1170 g/mol. The molecule has 4 aromatic carbocycles. The Balaban J connectivity index is 1.08. The van der Waals surface area contributed by atoms with E-state index in [0.29, 0.717) is 38.9 Å². The lowest BCUT2D eigenvalue weighted by Crippen LogP contribution is -2.62. The van der Waals surface area contributed by atoms with Crippen LogP contribution in [0.15, 0.2) is 133 Å². The molecular formula is C63H75N17O11. The van der Waals surface area contributed by atoms with Crippen LogP contribution in [0.4, 0.5) is 0 Å². The normalized spacial score (nSPS) is 14.0. The molecule has 0 spiro atoms. The lowest BCUT2D eigenvalue weighted by molar-refractivity contribution is -0.141. The van der Waals surface area contributed by atoms with Gasteiger partial charge in [-0.1, -0.05) is 80.6 Å². The number of imidazole rings is 1. The van der Waals surface area contributed by atoms with Crippen molar-refractivity contribution in [3.63, 3.8) is 0 Å². The summed E-state index contributed by atoms with van der Waals surface area (Å²) in [6.07, 6.45) is 6.50. The molecule has 0 aliphatic heterocycles. The fraction of sp³-hybridized carbons (Fsp3) is 0.317. The smallest absolute Gasteiger partial charge is 0.305 e. The number of hydrogen-bond acceptors (Lipinski definition) is 13. The molecule has 0 radical (unpaired) electrons. The number of para-hydroxylation sites is 3. The number of nitrogens with one attached hydrogen (secondary N) is 11. The summed E-state index contributed by atoms with van der Waals surface area (Å²) in [5, 5.41) is 41.1. The minimum Gasteiger partial charge on any atom is -0.508 e. The molecule has 0 aliphatic carbocycles. The summed E-state index contributed by atoms with van der Waals surface area (Å²) in [5.74, 6) is -9.48. The van der Waals surface area contributed by atoms with E-state index in [9.17, 15) is 39.0 Å². The van der Waals surface area contributed by atoms with Crippen molar-refractivity contribution in [2.45, 2.75) is 114 Å². The van der Waals surface area contributed by atoms with E-state index in [1.54, 1.807) is 56.7 Å². The number of H-pyrrole nitrogens is 4. The first kappa shape index (κ1) is 65.9. The van der Waals surface area contributed by atoms with Crippen molar-refractivity contribution in [2.75, 3.05) is 6.54 Å². The SMILES string of the molecule is CC(C)C(NC(=O)C(Cc1c[nH]c2ccccc12)NC(=O)C(Cc1ccc(O)cc1)NC(=O)C(CC(=O)O)NC(=O)C(N)Cc1cnc[nH]1)C(=O)NC(Cc1c[nH]c2ccccc12)C(=O)NC(Cc1c[nH]c2ccccc12)C(=O)NC(CCCN=C(N)N)C(N)=O. The number of rotatable bonds is 32. The summed E-state index contributed by atoms with van der Waals surface area (Å²) >= 11 is 0. The van der Waals surface area contributed by atoms with Crippen molar-refractivity contribution < 1.29 is 53.4 Å². The van der Waals surface area contributed by atoms with E-state index in [2.05, 4.69) is 67.1 Å².